The third-order valence-electron chi connectivity index (χ3n) is 19.8. The van der Waals surface area contributed by atoms with Gasteiger partial charge in [-0.05, 0) is 246 Å². The second-order valence-electron chi connectivity index (χ2n) is 27.5. The maximum Gasteiger partial charge on any atom is 0.254 e. The van der Waals surface area contributed by atoms with E-state index in [4.69, 9.17) is 40.7 Å². The highest BCUT2D eigenvalue weighted by Crippen LogP contribution is 2.27. The Morgan fingerprint density at radius 3 is 0.965 bits per heavy atom. The number of amides is 6. The van der Waals surface area contributed by atoms with Crippen LogP contribution >= 0.6 is 22.6 Å². The standard InChI is InChI=1S/C31H38N2O7.C26H30N2O6.C19H25IN2O5.C12H14O2/c1-31(30(38)32-2,27(36)21-40-28-8-4-5-20-39-28)33(3)29(37)25-17-13-23(14-18-25)10-9-22-11-15-24(16-12-22)26(35)7-6-19-34;1-26(23(32)17-30,25(34)27-2)28(3)24(33)21-14-10-19(11-15-21)7-6-18-8-12-20(13-9-18)22(31)5-4-16-29;1-19(18(25)21-2,15(23)12-27-16-6-4-5-11-26-16)22(3)17(24)13-7-9-14(20)10-8-13;1-2-10-5-7-11(8-6-10)12(14)4-3-9-13/h11-18,26,28,34-35H,4-8,19-21H2,1-3H3,(H,32,38);8-15,22,29-31H,4-5,16-17H2,1-3H3,(H,27,34);7-10,16H,4-6,11-12H2,1-3H3,(H,21,25);1,5-8,12-14H,3-4,9H2/t26-,28?,31-;22-,26-;16?,19-;12-/m1111/s1. The van der Waals surface area contributed by atoms with Gasteiger partial charge in [0.15, 0.2) is 46.5 Å². The molecule has 115 heavy (non-hydrogen) atoms. The zero-order valence-electron chi connectivity index (χ0n) is 66.6. The topological polar surface area (TPSA) is 378 Å². The lowest BCUT2D eigenvalue weighted by Gasteiger charge is -2.36. The molecule has 8 atom stereocenters. The molecule has 2 heterocycles. The van der Waals surface area contributed by atoms with Crippen molar-refractivity contribution in [1.29, 1.82) is 0 Å². The quantitative estimate of drug-likeness (QED) is 0.0118. The lowest BCUT2D eigenvalue weighted by atomic mass is 9.92. The largest absolute Gasteiger partial charge is 0.396 e. The van der Waals surface area contributed by atoms with E-state index in [-0.39, 0.29) is 38.6 Å². The zero-order chi connectivity index (χ0) is 84.8. The molecule has 2 saturated heterocycles. The lowest BCUT2D eigenvalue weighted by Crippen LogP contribution is -2.62. The third kappa shape index (κ3) is 27.7. The Bertz CT molecular complexity index is 4320. The van der Waals surface area contributed by atoms with Crippen molar-refractivity contribution >= 4 is 75.4 Å². The van der Waals surface area contributed by atoms with Crippen LogP contribution in [0.2, 0.25) is 0 Å². The molecule has 616 valence electrons. The predicted molar refractivity (Wildman–Crippen MR) is 440 cm³/mol. The fourth-order valence-corrected chi connectivity index (χ4v) is 12.1. The van der Waals surface area contributed by atoms with E-state index in [1.165, 1.54) is 68.0 Å². The number of aliphatic hydroxyl groups excluding tert-OH is 7. The minimum Gasteiger partial charge on any atom is -0.396 e. The summed E-state index contributed by atoms with van der Waals surface area (Å²) in [5.74, 6) is 9.44. The molecular formula is C88H107IN6O20. The highest BCUT2D eigenvalue weighted by molar-refractivity contribution is 14.1. The summed E-state index contributed by atoms with van der Waals surface area (Å²) in [5, 5.41) is 72.9. The molecule has 6 amide bonds. The molecule has 26 nitrogen and oxygen atoms in total. The number of likely N-dealkylation sites (N-methyl/N-ethyl adjacent to an activating group) is 6. The molecule has 0 aromatic heterocycles. The van der Waals surface area contributed by atoms with Crippen LogP contribution in [0.15, 0.2) is 146 Å². The molecule has 8 rings (SSSR count). The number of aliphatic hydroxyl groups is 7. The molecule has 2 aliphatic rings. The fourth-order valence-electron chi connectivity index (χ4n) is 11.8. The summed E-state index contributed by atoms with van der Waals surface area (Å²) in [4.78, 5) is 118. The van der Waals surface area contributed by atoms with Gasteiger partial charge < -0.3 is 85.3 Å². The van der Waals surface area contributed by atoms with Crippen molar-refractivity contribution in [3.63, 3.8) is 0 Å². The molecular weight excluding hydrogens is 1590 g/mol. The number of nitrogens with zero attached hydrogens (tertiary/aromatic N) is 3. The second-order valence-corrected chi connectivity index (χ2v) is 28.8. The van der Waals surface area contributed by atoms with Crippen LogP contribution in [0.4, 0.5) is 0 Å². The van der Waals surface area contributed by atoms with Gasteiger partial charge in [0.1, 0.15) is 19.8 Å². The van der Waals surface area contributed by atoms with Crippen molar-refractivity contribution in [2.75, 3.05) is 95.1 Å². The van der Waals surface area contributed by atoms with Gasteiger partial charge in [-0.25, -0.2) is 0 Å². The molecule has 2 fully saturated rings. The van der Waals surface area contributed by atoms with Crippen LogP contribution in [0.3, 0.4) is 0 Å². The highest BCUT2D eigenvalue weighted by Gasteiger charge is 2.49. The van der Waals surface area contributed by atoms with Crippen molar-refractivity contribution in [3.8, 4) is 36.0 Å². The molecule has 6 aromatic carbocycles. The van der Waals surface area contributed by atoms with Crippen molar-refractivity contribution in [2.24, 2.45) is 0 Å². The van der Waals surface area contributed by atoms with Gasteiger partial charge in [0.05, 0.1) is 18.3 Å². The van der Waals surface area contributed by atoms with Crippen molar-refractivity contribution in [1.82, 2.24) is 30.7 Å². The van der Waals surface area contributed by atoms with Gasteiger partial charge in [0.2, 0.25) is 0 Å². The van der Waals surface area contributed by atoms with Crippen LogP contribution in [0, 0.1) is 39.6 Å². The number of terminal acetylenes is 1. The number of carbonyl (C=O) groups is 9. The molecule has 2 unspecified atom stereocenters. The summed E-state index contributed by atoms with van der Waals surface area (Å²) in [7, 11) is 8.41. The Hall–Kier alpha value is -9.88. The maximum atomic E-state index is 13.3. The van der Waals surface area contributed by atoms with Crippen molar-refractivity contribution in [2.45, 2.75) is 145 Å². The molecule has 0 saturated carbocycles. The van der Waals surface area contributed by atoms with E-state index in [0.29, 0.717) is 86.8 Å². The normalized spacial score (nSPS) is 15.8. The van der Waals surface area contributed by atoms with Gasteiger partial charge in [-0.1, -0.05) is 66.0 Å². The van der Waals surface area contributed by atoms with E-state index in [9.17, 15) is 63.6 Å². The smallest absolute Gasteiger partial charge is 0.254 e. The number of hydrogen-bond donors (Lipinski definition) is 10. The Balaban J connectivity index is 0.000000287. The number of Topliss-reactive ketones (excluding diaryl/α,β-unsaturated/α-hetero) is 3. The molecule has 10 N–H and O–H groups in total. The van der Waals surface area contributed by atoms with Gasteiger partial charge in [0.25, 0.3) is 35.4 Å². The monoisotopic (exact) mass is 1690 g/mol. The van der Waals surface area contributed by atoms with Crippen LogP contribution < -0.4 is 16.0 Å². The summed E-state index contributed by atoms with van der Waals surface area (Å²) in [5.41, 5.74) is 1.67. The maximum absolute atomic E-state index is 13.3. The number of rotatable bonds is 31. The first-order valence-corrected chi connectivity index (χ1v) is 38.9. The zero-order valence-corrected chi connectivity index (χ0v) is 68.8. The molecule has 0 radical (unpaired) electrons. The van der Waals surface area contributed by atoms with E-state index in [1.807, 2.05) is 36.4 Å². The van der Waals surface area contributed by atoms with Crippen LogP contribution in [0.5, 0.6) is 0 Å². The summed E-state index contributed by atoms with van der Waals surface area (Å²) < 4.78 is 23.1. The van der Waals surface area contributed by atoms with Crippen molar-refractivity contribution in [3.05, 3.63) is 210 Å². The lowest BCUT2D eigenvalue weighted by molar-refractivity contribution is -0.174. The van der Waals surface area contributed by atoms with Crippen molar-refractivity contribution < 1.29 is 97.8 Å². The number of carbonyl (C=O) groups excluding carboxylic acids is 9. The van der Waals surface area contributed by atoms with E-state index < -0.39 is 107 Å². The van der Waals surface area contributed by atoms with Gasteiger partial charge in [-0.2, -0.15) is 0 Å². The molecule has 2 aliphatic heterocycles. The number of ether oxygens (including phenoxy) is 4. The Morgan fingerprint density at radius 1 is 0.443 bits per heavy atom. The van der Waals surface area contributed by atoms with E-state index in [2.05, 4.69) is 68.1 Å². The number of ketones is 3. The first-order valence-electron chi connectivity index (χ1n) is 37.8. The number of benzene rings is 6. The van der Waals surface area contributed by atoms with E-state index >= 15 is 0 Å². The number of halogens is 1. The van der Waals surface area contributed by atoms with Crippen LogP contribution in [0.25, 0.3) is 0 Å². The molecule has 0 aliphatic carbocycles. The first kappa shape index (κ1) is 95.7. The van der Waals surface area contributed by atoms with Gasteiger partial charge in [-0.15, -0.1) is 6.42 Å². The molecule has 0 spiro atoms. The second kappa shape index (κ2) is 48.5. The summed E-state index contributed by atoms with van der Waals surface area (Å²) in [6.45, 7) is 3.94. The average Bonchev–Trinajstić information content (AvgIpc) is 0.794. The summed E-state index contributed by atoms with van der Waals surface area (Å²) >= 11 is 2.14. The number of nitrogens with one attached hydrogen (secondary N) is 3. The third-order valence-corrected chi connectivity index (χ3v) is 20.5. The summed E-state index contributed by atoms with van der Waals surface area (Å²) in [6, 6.07) is 41.6. The molecule has 27 heteroatoms. The average molecular weight is 1700 g/mol. The highest BCUT2D eigenvalue weighted by atomic mass is 127. The molecule has 6 aromatic rings. The van der Waals surface area contributed by atoms with Gasteiger partial charge >= 0.3 is 0 Å². The van der Waals surface area contributed by atoms with E-state index in [0.717, 1.165) is 72.4 Å². The van der Waals surface area contributed by atoms with Crippen LogP contribution in [-0.4, -0.2) is 228 Å². The summed E-state index contributed by atoms with van der Waals surface area (Å²) in [6.07, 6.45) is 10.9. The Morgan fingerprint density at radius 2 is 0.713 bits per heavy atom. The molecule has 0 bridgehead atoms. The van der Waals surface area contributed by atoms with Gasteiger partial charge in [-0.3, -0.25) is 43.2 Å². The van der Waals surface area contributed by atoms with Crippen LogP contribution in [0.1, 0.15) is 192 Å². The Labute approximate surface area is 686 Å². The Kier molecular flexibility index (Phi) is 40.3. The predicted octanol–water partition coefficient (Wildman–Crippen LogP) is 7.07. The van der Waals surface area contributed by atoms with Crippen LogP contribution in [-0.2, 0) is 47.7 Å². The first-order chi connectivity index (χ1) is 55.0. The number of hydrogen-bond acceptors (Lipinski definition) is 20. The van der Waals surface area contributed by atoms with Gasteiger partial charge in [0, 0.05) is 123 Å². The minimum atomic E-state index is -1.85. The van der Waals surface area contributed by atoms with E-state index in [1.54, 1.807) is 109 Å². The SMILES string of the molecule is C#Cc1ccc([C@H](O)CCCO)cc1.CNC(=O)[C@@](C)(C(=O)CO)N(C)C(=O)c1ccc(C#Cc2ccc([C@H](O)CCCO)cc2)cc1.CNC(=O)[C@@](C)(C(=O)COC1CCCCO1)N(C)C(=O)c1ccc(C#Cc2ccc([C@H](O)CCCO)cc2)cc1.CNC(=O)[C@@](C)(C(=O)COC1CCCCO1)N(C)C(=O)c1ccc(I)cc1. The fraction of sp³-hybridized carbons (Fsp3) is 0.420. The minimum absolute atomic E-state index is 0.0372.